The normalized spacial score (nSPS) is 12.1. The molecule has 15 nitrogen and oxygen atoms in total. The topological polar surface area (TPSA) is 207 Å². The summed E-state index contributed by atoms with van der Waals surface area (Å²) in [4.78, 5) is 52.9. The van der Waals surface area contributed by atoms with E-state index in [9.17, 15) is 29.4 Å². The van der Waals surface area contributed by atoms with Gasteiger partial charge in [0.1, 0.15) is 23.0 Å². The van der Waals surface area contributed by atoms with Crippen molar-refractivity contribution in [1.29, 1.82) is 0 Å². The second kappa shape index (κ2) is 26.0. The second-order valence-corrected chi connectivity index (χ2v) is 14.8. The highest BCUT2D eigenvalue weighted by Crippen LogP contribution is 2.33. The summed E-state index contributed by atoms with van der Waals surface area (Å²) < 4.78 is 23.8. The van der Waals surface area contributed by atoms with Gasteiger partial charge in [-0.05, 0) is 99.4 Å². The number of rotatable bonds is 28. The van der Waals surface area contributed by atoms with Crippen molar-refractivity contribution in [2.75, 3.05) is 46.1 Å². The van der Waals surface area contributed by atoms with Crippen LogP contribution in [0.3, 0.4) is 0 Å². The quantitative estimate of drug-likeness (QED) is 0.0247. The molecule has 0 saturated heterocycles. The molecule has 0 radical (unpaired) electrons. The van der Waals surface area contributed by atoms with Crippen LogP contribution in [0.2, 0.25) is 0 Å². The first-order chi connectivity index (χ1) is 30.7. The van der Waals surface area contributed by atoms with Crippen LogP contribution in [0.1, 0.15) is 94.3 Å². The van der Waals surface area contributed by atoms with Gasteiger partial charge in [0, 0.05) is 60.8 Å². The molecular formula is C48H57N5O10. The Morgan fingerprint density at radius 2 is 1.49 bits per heavy atom. The number of carbonyl (C=O) groups excluding carboxylic acids is 3. The third kappa shape index (κ3) is 15.7. The van der Waals surface area contributed by atoms with E-state index in [0.717, 1.165) is 54.5 Å². The zero-order valence-corrected chi connectivity index (χ0v) is 35.6. The molecule has 63 heavy (non-hydrogen) atoms. The summed E-state index contributed by atoms with van der Waals surface area (Å²) in [6, 6.07) is 19.2. The van der Waals surface area contributed by atoms with Crippen LogP contribution in [-0.4, -0.2) is 84.9 Å². The third-order valence-corrected chi connectivity index (χ3v) is 10.2. The number of aromatic hydroxyl groups is 1. The number of carboxylic acids is 1. The van der Waals surface area contributed by atoms with E-state index in [1.54, 1.807) is 48.5 Å². The molecule has 3 aromatic carbocycles. The number of azo groups is 1. The lowest BCUT2D eigenvalue weighted by Gasteiger charge is -2.21. The fourth-order valence-corrected chi connectivity index (χ4v) is 6.94. The number of aromatic nitrogens is 1. The van der Waals surface area contributed by atoms with Gasteiger partial charge in [0.2, 0.25) is 5.91 Å². The molecule has 5 rings (SSSR count). The van der Waals surface area contributed by atoms with Crippen LogP contribution >= 0.6 is 0 Å². The molecule has 4 N–H and O–H groups in total. The molecule has 0 bridgehead atoms. The predicted molar refractivity (Wildman–Crippen MR) is 236 cm³/mol. The molecule has 1 aromatic heterocycles. The average Bonchev–Trinajstić information content (AvgIpc) is 3.28. The smallest absolute Gasteiger partial charge is 0.303 e. The molecule has 0 unspecified atom stereocenters. The van der Waals surface area contributed by atoms with Gasteiger partial charge in [-0.15, -0.1) is 11.7 Å². The summed E-state index contributed by atoms with van der Waals surface area (Å²) in [5.41, 5.74) is 4.63. The van der Waals surface area contributed by atoms with Crippen molar-refractivity contribution in [3.63, 3.8) is 0 Å². The van der Waals surface area contributed by atoms with Gasteiger partial charge >= 0.3 is 5.97 Å². The van der Waals surface area contributed by atoms with Gasteiger partial charge in [0.05, 0.1) is 45.1 Å². The van der Waals surface area contributed by atoms with Crippen LogP contribution < -0.4 is 24.8 Å². The van der Waals surface area contributed by atoms with Crippen molar-refractivity contribution < 1.29 is 48.3 Å². The molecule has 2 amide bonds. The first-order valence-corrected chi connectivity index (χ1v) is 21.5. The van der Waals surface area contributed by atoms with Crippen molar-refractivity contribution in [2.24, 2.45) is 10.2 Å². The average molecular weight is 864 g/mol. The molecule has 4 aromatic rings. The maximum atomic E-state index is 12.5. The number of carbonyl (C=O) groups is 4. The lowest BCUT2D eigenvalue weighted by molar-refractivity contribution is -0.137. The lowest BCUT2D eigenvalue weighted by atomic mass is 9.86. The number of amides is 2. The van der Waals surface area contributed by atoms with Crippen molar-refractivity contribution in [2.45, 2.75) is 77.2 Å². The Kier molecular flexibility index (Phi) is 19.6. The standard InChI is InChI=1S/C48H57N5O10/c1-2-11-38-36-13-8-15-41(55)37(36)20-22-44(38)62-28-7-3-6-27-61-42-16-9-17-43(39(42)21-24-47(57)58)63-29-10-18-46(56)49-25-30-60-31-26-50-48(59)35-19-23-45(51-32-35)53-52-33-34-12-4-5-14-40(34)54/h2,4-5,9,12,14,16-17,19-20,22-23,32,54H,1,3,6-8,10-11,13,15,18,21,24-31,33H2,(H,49,56)(H,50,59)(H,57,58). The largest absolute Gasteiger partial charge is 0.508 e. The second-order valence-electron chi connectivity index (χ2n) is 14.8. The number of benzene rings is 3. The molecule has 1 aliphatic carbocycles. The van der Waals surface area contributed by atoms with E-state index < -0.39 is 5.97 Å². The Balaban J connectivity index is 0.930. The fraction of sp³-hybridized carbons (Fsp3) is 0.396. The number of fused-ring (bicyclic) bond motifs is 1. The number of phenols is 1. The molecule has 0 saturated carbocycles. The van der Waals surface area contributed by atoms with E-state index in [0.29, 0.717) is 73.0 Å². The van der Waals surface area contributed by atoms with E-state index in [-0.39, 0.29) is 75.5 Å². The number of pyridine rings is 1. The number of nitrogens with zero attached hydrogens (tertiary/aromatic N) is 3. The maximum absolute atomic E-state index is 12.5. The van der Waals surface area contributed by atoms with E-state index in [1.165, 1.54) is 6.20 Å². The Morgan fingerprint density at radius 3 is 2.19 bits per heavy atom. The Bertz CT molecular complexity index is 2180. The number of allylic oxidation sites excluding steroid dienone is 1. The Labute approximate surface area is 367 Å². The number of ketones is 1. The molecule has 0 spiro atoms. The zero-order valence-electron chi connectivity index (χ0n) is 35.6. The number of aliphatic carboxylic acids is 1. The van der Waals surface area contributed by atoms with E-state index >= 15 is 0 Å². The third-order valence-electron chi connectivity index (χ3n) is 10.2. The monoisotopic (exact) mass is 863 g/mol. The highest BCUT2D eigenvalue weighted by Gasteiger charge is 2.22. The number of unbranched alkanes of at least 4 members (excludes halogenated alkanes) is 2. The van der Waals surface area contributed by atoms with Crippen LogP contribution in [0.5, 0.6) is 23.0 Å². The van der Waals surface area contributed by atoms with Crippen molar-refractivity contribution in [3.8, 4) is 23.0 Å². The molecule has 0 aliphatic heterocycles. The highest BCUT2D eigenvalue weighted by molar-refractivity contribution is 5.99. The number of para-hydroxylation sites is 1. The minimum absolute atomic E-state index is 0.0839. The Morgan fingerprint density at radius 1 is 0.778 bits per heavy atom. The zero-order chi connectivity index (χ0) is 44.7. The number of Topliss-reactive ketones (excluding diaryl/α,β-unsaturated/α-hetero) is 1. The van der Waals surface area contributed by atoms with Gasteiger partial charge in [0.25, 0.3) is 5.91 Å². The summed E-state index contributed by atoms with van der Waals surface area (Å²) in [6.07, 6.45) is 9.51. The summed E-state index contributed by atoms with van der Waals surface area (Å²) in [6.45, 7) is 6.41. The predicted octanol–water partition coefficient (Wildman–Crippen LogP) is 7.69. The van der Waals surface area contributed by atoms with Crippen LogP contribution in [-0.2, 0) is 40.1 Å². The number of hydrogen-bond donors (Lipinski definition) is 4. The van der Waals surface area contributed by atoms with Crippen LogP contribution in [0, 0.1) is 0 Å². The molecule has 334 valence electrons. The minimum atomic E-state index is -0.925. The summed E-state index contributed by atoms with van der Waals surface area (Å²) in [5, 5.41) is 32.9. The summed E-state index contributed by atoms with van der Waals surface area (Å²) in [7, 11) is 0. The lowest BCUT2D eigenvalue weighted by Crippen LogP contribution is -2.30. The molecule has 0 atom stereocenters. The van der Waals surface area contributed by atoms with E-state index in [2.05, 4.69) is 32.4 Å². The summed E-state index contributed by atoms with van der Waals surface area (Å²) >= 11 is 0. The SMILES string of the molecule is C=CCc1c(OCCCCCOc2cccc(OCCCC(=O)NCCOCCNC(=O)c3ccc(N=NCc4ccccc4O)nc3)c2CCC(=O)O)ccc2c1CCCC2=O. The summed E-state index contributed by atoms with van der Waals surface area (Å²) in [5.74, 6) is 1.19. The number of nitrogens with one attached hydrogen (secondary N) is 2. The minimum Gasteiger partial charge on any atom is -0.508 e. The van der Waals surface area contributed by atoms with Crippen LogP contribution in [0.15, 0.2) is 95.8 Å². The molecule has 1 aliphatic rings. The fourth-order valence-electron chi connectivity index (χ4n) is 6.94. The van der Waals surface area contributed by atoms with Gasteiger partial charge < -0.3 is 39.8 Å². The highest BCUT2D eigenvalue weighted by atomic mass is 16.5. The van der Waals surface area contributed by atoms with Crippen molar-refractivity contribution in [3.05, 3.63) is 119 Å². The molecule has 1 heterocycles. The van der Waals surface area contributed by atoms with Crippen LogP contribution in [0.4, 0.5) is 5.82 Å². The number of phenolic OH excluding ortho intramolecular Hbond substituents is 1. The molecular weight excluding hydrogens is 807 g/mol. The van der Waals surface area contributed by atoms with Gasteiger partial charge in [-0.25, -0.2) is 4.98 Å². The van der Waals surface area contributed by atoms with Crippen molar-refractivity contribution >= 4 is 29.4 Å². The van der Waals surface area contributed by atoms with Gasteiger partial charge in [-0.2, -0.15) is 5.11 Å². The molecule has 15 heteroatoms. The first-order valence-electron chi connectivity index (χ1n) is 21.5. The van der Waals surface area contributed by atoms with Crippen LogP contribution in [0.25, 0.3) is 0 Å². The van der Waals surface area contributed by atoms with Gasteiger partial charge in [-0.1, -0.05) is 30.3 Å². The molecule has 0 fully saturated rings. The maximum Gasteiger partial charge on any atom is 0.303 e. The number of hydrogen-bond acceptors (Lipinski definition) is 12. The number of ether oxygens (including phenoxy) is 4. The van der Waals surface area contributed by atoms with Gasteiger partial charge in [-0.3, -0.25) is 19.2 Å². The number of carboxylic acid groups (broad SMARTS) is 1. The van der Waals surface area contributed by atoms with Crippen molar-refractivity contribution in [1.82, 2.24) is 15.6 Å². The van der Waals surface area contributed by atoms with Gasteiger partial charge in [0.15, 0.2) is 11.6 Å². The van der Waals surface area contributed by atoms with E-state index in [4.69, 9.17) is 18.9 Å². The van der Waals surface area contributed by atoms with E-state index in [1.807, 2.05) is 24.3 Å². The Hall–Kier alpha value is -6.61. The first kappa shape index (κ1) is 47.4.